The number of benzene rings is 2. The number of para-hydroxylation sites is 1. The standard InChI is InChI=1S/C23H24N4O5S/c1-6-17(28)27-15-10-8-7-9-13(15)18-21(24-23(33-5)26-25-18)32-22(27)14-11-12-16(29-2)20(31-4)19(14)30-3/h7-12,22H,6H2,1-5H3/t22-/m1/s1. The van der Waals surface area contributed by atoms with Crippen LogP contribution < -0.4 is 23.8 Å². The smallest absolute Gasteiger partial charge is 0.247 e. The molecule has 1 atom stereocenters. The Kier molecular flexibility index (Phi) is 6.55. The van der Waals surface area contributed by atoms with Gasteiger partial charge in [0.2, 0.25) is 28.9 Å². The molecular formula is C23H24N4O5S. The van der Waals surface area contributed by atoms with Crippen molar-refractivity contribution in [1.29, 1.82) is 0 Å². The van der Waals surface area contributed by atoms with Crippen molar-refractivity contribution in [3.8, 4) is 34.4 Å². The molecular weight excluding hydrogens is 444 g/mol. The number of carbonyl (C=O) groups excluding carboxylic acids is 1. The third-order valence-electron chi connectivity index (χ3n) is 5.27. The van der Waals surface area contributed by atoms with E-state index in [0.717, 1.165) is 0 Å². The number of aromatic nitrogens is 3. The summed E-state index contributed by atoms with van der Waals surface area (Å²) in [6.45, 7) is 1.80. The van der Waals surface area contributed by atoms with Gasteiger partial charge in [-0.25, -0.2) is 0 Å². The van der Waals surface area contributed by atoms with Gasteiger partial charge in [-0.15, -0.1) is 10.2 Å². The Morgan fingerprint density at radius 2 is 1.82 bits per heavy atom. The van der Waals surface area contributed by atoms with Gasteiger partial charge < -0.3 is 18.9 Å². The molecule has 0 saturated carbocycles. The average Bonchev–Trinajstić information content (AvgIpc) is 3.01. The maximum Gasteiger partial charge on any atom is 0.247 e. The predicted octanol–water partition coefficient (Wildman–Crippen LogP) is 4.12. The molecule has 9 nitrogen and oxygen atoms in total. The minimum absolute atomic E-state index is 0.143. The first-order chi connectivity index (χ1) is 16.1. The first kappa shape index (κ1) is 22.7. The van der Waals surface area contributed by atoms with E-state index in [0.29, 0.717) is 44.9 Å². The third-order valence-corrected chi connectivity index (χ3v) is 5.80. The number of hydrogen-bond acceptors (Lipinski definition) is 9. The molecule has 1 aliphatic heterocycles. The number of thioether (sulfide) groups is 1. The summed E-state index contributed by atoms with van der Waals surface area (Å²) in [7, 11) is 4.60. The highest BCUT2D eigenvalue weighted by molar-refractivity contribution is 7.98. The molecule has 2 heterocycles. The van der Waals surface area contributed by atoms with Gasteiger partial charge in [0, 0.05) is 12.0 Å². The maximum atomic E-state index is 13.3. The quantitative estimate of drug-likeness (QED) is 0.495. The summed E-state index contributed by atoms with van der Waals surface area (Å²) in [6, 6.07) is 11.0. The van der Waals surface area contributed by atoms with Crippen molar-refractivity contribution in [2.24, 2.45) is 0 Å². The summed E-state index contributed by atoms with van der Waals surface area (Å²) >= 11 is 1.35. The number of carbonyl (C=O) groups is 1. The molecule has 10 heteroatoms. The van der Waals surface area contributed by atoms with Gasteiger partial charge in [-0.05, 0) is 24.5 Å². The first-order valence-electron chi connectivity index (χ1n) is 10.2. The summed E-state index contributed by atoms with van der Waals surface area (Å²) < 4.78 is 23.1. The van der Waals surface area contributed by atoms with E-state index in [-0.39, 0.29) is 18.2 Å². The van der Waals surface area contributed by atoms with Crippen LogP contribution in [0, 0.1) is 0 Å². The number of fused-ring (bicyclic) bond motifs is 3. The lowest BCUT2D eigenvalue weighted by atomic mass is 10.1. The van der Waals surface area contributed by atoms with E-state index in [1.165, 1.54) is 26.0 Å². The summed E-state index contributed by atoms with van der Waals surface area (Å²) in [4.78, 5) is 19.5. The van der Waals surface area contributed by atoms with Crippen LogP contribution in [0.3, 0.4) is 0 Å². The number of rotatable bonds is 6. The van der Waals surface area contributed by atoms with Gasteiger partial charge in [-0.1, -0.05) is 36.9 Å². The van der Waals surface area contributed by atoms with Crippen molar-refractivity contribution in [1.82, 2.24) is 15.2 Å². The molecule has 0 fully saturated rings. The van der Waals surface area contributed by atoms with Gasteiger partial charge in [0.05, 0.1) is 32.6 Å². The summed E-state index contributed by atoms with van der Waals surface area (Å²) in [5.41, 5.74) is 2.37. The van der Waals surface area contributed by atoms with Crippen LogP contribution in [0.2, 0.25) is 0 Å². The van der Waals surface area contributed by atoms with Gasteiger partial charge >= 0.3 is 0 Å². The maximum absolute atomic E-state index is 13.3. The van der Waals surface area contributed by atoms with E-state index in [1.54, 1.807) is 31.1 Å². The molecule has 1 aliphatic rings. The average molecular weight is 469 g/mol. The van der Waals surface area contributed by atoms with E-state index in [4.69, 9.17) is 18.9 Å². The minimum Gasteiger partial charge on any atom is -0.493 e. The summed E-state index contributed by atoms with van der Waals surface area (Å²) in [5.74, 6) is 1.41. The second kappa shape index (κ2) is 9.53. The molecule has 172 valence electrons. The van der Waals surface area contributed by atoms with Gasteiger partial charge in [0.25, 0.3) is 0 Å². The van der Waals surface area contributed by atoms with Gasteiger partial charge in [0.1, 0.15) is 0 Å². The molecule has 0 spiro atoms. The fourth-order valence-corrected chi connectivity index (χ4v) is 4.06. The molecule has 0 unspecified atom stereocenters. The minimum atomic E-state index is -0.902. The fraction of sp³-hybridized carbons (Fsp3) is 0.304. The van der Waals surface area contributed by atoms with Crippen LogP contribution in [0.4, 0.5) is 5.69 Å². The summed E-state index contributed by atoms with van der Waals surface area (Å²) in [6.07, 6.45) is 1.21. The highest BCUT2D eigenvalue weighted by atomic mass is 32.2. The zero-order chi connectivity index (χ0) is 23.5. The normalized spacial score (nSPS) is 14.5. The molecule has 3 aromatic rings. The Bertz CT molecular complexity index is 1190. The molecule has 0 bridgehead atoms. The van der Waals surface area contributed by atoms with Crippen LogP contribution in [0.5, 0.6) is 23.1 Å². The largest absolute Gasteiger partial charge is 0.493 e. The second-order valence-electron chi connectivity index (χ2n) is 6.98. The number of hydrogen-bond donors (Lipinski definition) is 0. The van der Waals surface area contributed by atoms with E-state index >= 15 is 0 Å². The van der Waals surface area contributed by atoms with E-state index < -0.39 is 6.23 Å². The fourth-order valence-electron chi connectivity index (χ4n) is 3.76. The summed E-state index contributed by atoms with van der Waals surface area (Å²) in [5, 5.41) is 9.01. The zero-order valence-electron chi connectivity index (χ0n) is 19.0. The Balaban J connectivity index is 2.02. The first-order valence-corrected chi connectivity index (χ1v) is 11.5. The number of nitrogens with zero attached hydrogens (tertiary/aromatic N) is 4. The van der Waals surface area contributed by atoms with Crippen LogP contribution in [-0.2, 0) is 4.79 Å². The second-order valence-corrected chi connectivity index (χ2v) is 7.75. The van der Waals surface area contributed by atoms with Crippen LogP contribution in [0.1, 0.15) is 25.1 Å². The third kappa shape index (κ3) is 3.91. The van der Waals surface area contributed by atoms with E-state index in [2.05, 4.69) is 15.2 Å². The van der Waals surface area contributed by atoms with Crippen LogP contribution in [0.15, 0.2) is 41.6 Å². The van der Waals surface area contributed by atoms with Gasteiger partial charge in [0.15, 0.2) is 17.2 Å². The highest BCUT2D eigenvalue weighted by Crippen LogP contribution is 2.48. The van der Waals surface area contributed by atoms with Crippen molar-refractivity contribution in [2.75, 3.05) is 32.5 Å². The molecule has 0 aliphatic carbocycles. The lowest BCUT2D eigenvalue weighted by molar-refractivity contribution is -0.120. The molecule has 4 rings (SSSR count). The number of ether oxygens (including phenoxy) is 4. The predicted molar refractivity (Wildman–Crippen MR) is 124 cm³/mol. The van der Waals surface area contributed by atoms with Gasteiger partial charge in [-0.2, -0.15) is 4.98 Å². The lowest BCUT2D eigenvalue weighted by Gasteiger charge is -2.31. The van der Waals surface area contributed by atoms with Crippen molar-refractivity contribution in [3.63, 3.8) is 0 Å². The van der Waals surface area contributed by atoms with Gasteiger partial charge in [-0.3, -0.25) is 9.69 Å². The Labute approximate surface area is 196 Å². The zero-order valence-corrected chi connectivity index (χ0v) is 19.8. The van der Waals surface area contributed by atoms with Crippen LogP contribution in [0.25, 0.3) is 11.3 Å². The molecule has 0 saturated heterocycles. The number of anilines is 1. The Hall–Kier alpha value is -3.53. The molecule has 0 radical (unpaired) electrons. The van der Waals surface area contributed by atoms with Crippen molar-refractivity contribution in [3.05, 3.63) is 42.0 Å². The Morgan fingerprint density at radius 3 is 2.48 bits per heavy atom. The van der Waals surface area contributed by atoms with Crippen molar-refractivity contribution >= 4 is 23.4 Å². The van der Waals surface area contributed by atoms with E-state index in [9.17, 15) is 4.79 Å². The molecule has 33 heavy (non-hydrogen) atoms. The lowest BCUT2D eigenvalue weighted by Crippen LogP contribution is -2.37. The topological polar surface area (TPSA) is 95.9 Å². The van der Waals surface area contributed by atoms with Crippen LogP contribution >= 0.6 is 11.8 Å². The van der Waals surface area contributed by atoms with E-state index in [1.807, 2.05) is 30.5 Å². The molecule has 1 amide bonds. The van der Waals surface area contributed by atoms with Crippen LogP contribution in [-0.4, -0.2) is 48.7 Å². The Morgan fingerprint density at radius 1 is 1.06 bits per heavy atom. The monoisotopic (exact) mass is 468 g/mol. The van der Waals surface area contributed by atoms with Crippen molar-refractivity contribution in [2.45, 2.75) is 24.7 Å². The highest BCUT2D eigenvalue weighted by Gasteiger charge is 2.38. The molecule has 2 aromatic carbocycles. The van der Waals surface area contributed by atoms with Crippen molar-refractivity contribution < 1.29 is 23.7 Å². The molecule has 0 N–H and O–H groups in total. The molecule has 1 aromatic heterocycles. The SMILES string of the molecule is CCC(=O)N1c2ccccc2-c2nnc(SC)nc2O[C@@H]1c1ccc(OC)c(OC)c1OC. The number of amides is 1. The number of methoxy groups -OCH3 is 3.